The molecule has 0 aliphatic rings. The second-order valence-corrected chi connectivity index (χ2v) is 7.68. The summed E-state index contributed by atoms with van der Waals surface area (Å²) in [5.74, 6) is -1.21. The van der Waals surface area contributed by atoms with Crippen molar-refractivity contribution in [1.82, 2.24) is 10.5 Å². The number of aromatic nitrogens is 1. The molecule has 124 valence electrons. The van der Waals surface area contributed by atoms with Crippen LogP contribution in [0.4, 0.5) is 0 Å². The molecule has 2 rings (SSSR count). The Balaban J connectivity index is 1.97. The van der Waals surface area contributed by atoms with E-state index in [0.29, 0.717) is 5.69 Å². The summed E-state index contributed by atoms with van der Waals surface area (Å²) in [6, 6.07) is 8.94. The number of aryl methyl sites for hydroxylation is 2. The minimum Gasteiger partial charge on any atom is -0.360 e. The number of benzene rings is 1. The van der Waals surface area contributed by atoms with E-state index >= 15 is 0 Å². The first-order valence-electron chi connectivity index (χ1n) is 7.24. The lowest BCUT2D eigenvalue weighted by Gasteiger charge is -2.16. The average Bonchev–Trinajstić information content (AvgIpc) is 2.82. The molecule has 0 aliphatic heterocycles. The van der Waals surface area contributed by atoms with E-state index in [1.807, 2.05) is 38.1 Å². The van der Waals surface area contributed by atoms with Crippen molar-refractivity contribution in [2.45, 2.75) is 32.6 Å². The van der Waals surface area contributed by atoms with Gasteiger partial charge in [0.2, 0.25) is 5.91 Å². The normalized spacial score (nSPS) is 12.8. The number of nitrogens with one attached hydrogen (secondary N) is 1. The van der Waals surface area contributed by atoms with Crippen LogP contribution in [0.5, 0.6) is 0 Å². The van der Waals surface area contributed by atoms with Gasteiger partial charge in [0, 0.05) is 6.07 Å². The third kappa shape index (κ3) is 4.92. The highest BCUT2D eigenvalue weighted by molar-refractivity contribution is 7.91. The highest BCUT2D eigenvalue weighted by Gasteiger charge is 2.21. The van der Waals surface area contributed by atoms with Crippen molar-refractivity contribution in [3.05, 3.63) is 52.9 Å². The molecule has 1 heterocycles. The molecule has 1 atom stereocenters. The lowest BCUT2D eigenvalue weighted by Crippen LogP contribution is -2.33. The quantitative estimate of drug-likeness (QED) is 0.872. The molecule has 0 radical (unpaired) electrons. The Labute approximate surface area is 135 Å². The lowest BCUT2D eigenvalue weighted by molar-refractivity contribution is -0.119. The fourth-order valence-corrected chi connectivity index (χ4v) is 3.54. The molecule has 1 N–H and O–H groups in total. The Hall–Kier alpha value is -2.15. The van der Waals surface area contributed by atoms with Gasteiger partial charge < -0.3 is 9.84 Å². The standard InChI is InChI=1S/C16H20N2O4S/c1-11-6-4-5-7-15(11)13(3)17-16(19)10-23(20,21)9-14-8-12(2)18-22-14/h4-8,13H,9-10H2,1-3H3,(H,17,19)/t13-/m0/s1. The molecule has 1 amide bonds. The van der Waals surface area contributed by atoms with Gasteiger partial charge in [-0.15, -0.1) is 0 Å². The van der Waals surface area contributed by atoms with Crippen LogP contribution >= 0.6 is 0 Å². The highest BCUT2D eigenvalue weighted by atomic mass is 32.2. The van der Waals surface area contributed by atoms with Gasteiger partial charge in [-0.3, -0.25) is 4.79 Å². The van der Waals surface area contributed by atoms with Crippen LogP contribution in [0.3, 0.4) is 0 Å². The van der Waals surface area contributed by atoms with Crippen molar-refractivity contribution < 1.29 is 17.7 Å². The summed E-state index contributed by atoms with van der Waals surface area (Å²) >= 11 is 0. The van der Waals surface area contributed by atoms with Crippen molar-refractivity contribution in [2.75, 3.05) is 5.75 Å². The fourth-order valence-electron chi connectivity index (χ4n) is 2.39. The van der Waals surface area contributed by atoms with Crippen molar-refractivity contribution >= 4 is 15.7 Å². The van der Waals surface area contributed by atoms with Gasteiger partial charge in [0.05, 0.1) is 11.7 Å². The van der Waals surface area contributed by atoms with Crippen LogP contribution in [0, 0.1) is 13.8 Å². The number of sulfone groups is 1. The zero-order valence-electron chi connectivity index (χ0n) is 13.4. The molecule has 1 aromatic carbocycles. The third-order valence-corrected chi connectivity index (χ3v) is 4.85. The fraction of sp³-hybridized carbons (Fsp3) is 0.375. The van der Waals surface area contributed by atoms with Gasteiger partial charge in [-0.1, -0.05) is 29.4 Å². The minimum absolute atomic E-state index is 0.238. The van der Waals surface area contributed by atoms with Crippen LogP contribution in [-0.2, 0) is 20.4 Å². The Bertz CT molecular complexity index is 796. The van der Waals surface area contributed by atoms with Crippen molar-refractivity contribution in [3.8, 4) is 0 Å². The first-order valence-corrected chi connectivity index (χ1v) is 9.06. The van der Waals surface area contributed by atoms with Gasteiger partial charge >= 0.3 is 0 Å². The zero-order chi connectivity index (χ0) is 17.0. The number of amides is 1. The molecule has 0 bridgehead atoms. The minimum atomic E-state index is -3.60. The van der Waals surface area contributed by atoms with Gasteiger partial charge in [-0.25, -0.2) is 8.42 Å². The number of carbonyl (C=O) groups excluding carboxylic acids is 1. The Morgan fingerprint density at radius 1 is 1.30 bits per heavy atom. The zero-order valence-corrected chi connectivity index (χ0v) is 14.2. The number of hydrogen-bond donors (Lipinski definition) is 1. The maximum Gasteiger partial charge on any atom is 0.235 e. The van der Waals surface area contributed by atoms with Crippen LogP contribution < -0.4 is 5.32 Å². The summed E-state index contributed by atoms with van der Waals surface area (Å²) < 4.78 is 29.0. The number of rotatable bonds is 6. The largest absolute Gasteiger partial charge is 0.360 e. The summed E-state index contributed by atoms with van der Waals surface area (Å²) in [5.41, 5.74) is 2.61. The maximum absolute atomic E-state index is 12.1. The van der Waals surface area contributed by atoms with E-state index in [0.717, 1.165) is 11.1 Å². The molecule has 0 fully saturated rings. The van der Waals surface area contributed by atoms with Crippen LogP contribution in [-0.4, -0.2) is 25.2 Å². The summed E-state index contributed by atoms with van der Waals surface area (Å²) in [7, 11) is -3.60. The summed E-state index contributed by atoms with van der Waals surface area (Å²) in [4.78, 5) is 12.0. The predicted octanol–water partition coefficient (Wildman–Crippen LogP) is 2.08. The molecule has 6 nitrogen and oxygen atoms in total. The van der Waals surface area contributed by atoms with E-state index in [-0.39, 0.29) is 17.6 Å². The second-order valence-electron chi connectivity index (χ2n) is 5.61. The number of hydrogen-bond acceptors (Lipinski definition) is 5. The average molecular weight is 336 g/mol. The molecule has 7 heteroatoms. The maximum atomic E-state index is 12.1. The molecule has 0 unspecified atom stereocenters. The van der Waals surface area contributed by atoms with E-state index in [1.54, 1.807) is 13.0 Å². The van der Waals surface area contributed by atoms with E-state index in [2.05, 4.69) is 10.5 Å². The van der Waals surface area contributed by atoms with Crippen LogP contribution in [0.2, 0.25) is 0 Å². The van der Waals surface area contributed by atoms with Crippen molar-refractivity contribution in [3.63, 3.8) is 0 Å². The van der Waals surface area contributed by atoms with E-state index < -0.39 is 21.5 Å². The molecule has 0 saturated carbocycles. The molecule has 1 aromatic heterocycles. The second kappa shape index (κ2) is 6.95. The number of carbonyl (C=O) groups is 1. The van der Waals surface area contributed by atoms with Crippen LogP contribution in [0.1, 0.15) is 35.5 Å². The van der Waals surface area contributed by atoms with Gasteiger partial charge in [0.25, 0.3) is 0 Å². The third-order valence-electron chi connectivity index (χ3n) is 3.42. The monoisotopic (exact) mass is 336 g/mol. The molecular weight excluding hydrogens is 316 g/mol. The van der Waals surface area contributed by atoms with Crippen LogP contribution in [0.25, 0.3) is 0 Å². The number of nitrogens with zero attached hydrogens (tertiary/aromatic N) is 1. The summed E-state index contributed by atoms with van der Waals surface area (Å²) in [6.45, 7) is 5.48. The lowest BCUT2D eigenvalue weighted by atomic mass is 10.0. The summed E-state index contributed by atoms with van der Waals surface area (Å²) in [5, 5.41) is 6.36. The summed E-state index contributed by atoms with van der Waals surface area (Å²) in [6.07, 6.45) is 0. The Morgan fingerprint density at radius 3 is 2.61 bits per heavy atom. The SMILES string of the molecule is Cc1cc(CS(=O)(=O)CC(=O)N[C@@H](C)c2ccccc2C)on1. The molecule has 0 saturated heterocycles. The Kier molecular flexibility index (Phi) is 5.20. The first kappa shape index (κ1) is 17.2. The molecular formula is C16H20N2O4S. The van der Waals surface area contributed by atoms with Gasteiger partial charge in [-0.2, -0.15) is 0 Å². The topological polar surface area (TPSA) is 89.3 Å². The van der Waals surface area contributed by atoms with E-state index in [9.17, 15) is 13.2 Å². The van der Waals surface area contributed by atoms with Crippen molar-refractivity contribution in [2.24, 2.45) is 0 Å². The Morgan fingerprint density at radius 2 is 2.00 bits per heavy atom. The van der Waals surface area contributed by atoms with Gasteiger partial charge in [0.15, 0.2) is 15.6 Å². The molecule has 0 aliphatic carbocycles. The molecule has 23 heavy (non-hydrogen) atoms. The first-order chi connectivity index (χ1) is 10.8. The molecule has 0 spiro atoms. The van der Waals surface area contributed by atoms with Crippen LogP contribution in [0.15, 0.2) is 34.9 Å². The molecule has 2 aromatic rings. The van der Waals surface area contributed by atoms with E-state index in [1.165, 1.54) is 0 Å². The van der Waals surface area contributed by atoms with Gasteiger partial charge in [0.1, 0.15) is 11.5 Å². The highest BCUT2D eigenvalue weighted by Crippen LogP contribution is 2.16. The van der Waals surface area contributed by atoms with Gasteiger partial charge in [-0.05, 0) is 31.9 Å². The smallest absolute Gasteiger partial charge is 0.235 e. The van der Waals surface area contributed by atoms with E-state index in [4.69, 9.17) is 4.52 Å². The predicted molar refractivity (Wildman–Crippen MR) is 86.5 cm³/mol. The van der Waals surface area contributed by atoms with Crippen molar-refractivity contribution in [1.29, 1.82) is 0 Å².